The van der Waals surface area contributed by atoms with Crippen molar-refractivity contribution in [2.45, 2.75) is 4.90 Å². The predicted octanol–water partition coefficient (Wildman–Crippen LogP) is 5.23. The van der Waals surface area contributed by atoms with Crippen molar-refractivity contribution < 1.29 is 29.0 Å². The minimum absolute atomic E-state index is 0.104. The first-order valence-electron chi connectivity index (χ1n) is 6.65. The molecule has 25 heavy (non-hydrogen) atoms. The van der Waals surface area contributed by atoms with Gasteiger partial charge in [-0.1, -0.05) is 31.6 Å². The summed E-state index contributed by atoms with van der Waals surface area (Å²) in [4.78, 5) is 9.67. The topological polar surface area (TPSA) is 62.1 Å². The van der Waals surface area contributed by atoms with Crippen molar-refractivity contribution >= 4 is 21.8 Å². The summed E-state index contributed by atoms with van der Waals surface area (Å²) in [7, 11) is -9.74. The van der Waals surface area contributed by atoms with Crippen molar-refractivity contribution in [3.05, 3.63) is 54.1 Å². The number of nitrogens with zero attached hydrogens (tertiary/aromatic N) is 1. The highest BCUT2D eigenvalue weighted by molar-refractivity contribution is 8.45. The summed E-state index contributed by atoms with van der Waals surface area (Å²) < 4.78 is 68.1. The first-order valence-corrected chi connectivity index (χ1v) is 8.60. The van der Waals surface area contributed by atoms with Crippen molar-refractivity contribution in [2.24, 2.45) is 0 Å². The lowest BCUT2D eigenvalue weighted by Crippen LogP contribution is -2.20. The van der Waals surface area contributed by atoms with E-state index in [9.17, 15) is 24.2 Å². The molecule has 0 heterocycles. The molecule has 0 saturated carbocycles. The average Bonchev–Trinajstić information content (AvgIpc) is 2.51. The first-order chi connectivity index (χ1) is 11.4. The third kappa shape index (κ3) is 5.09. The van der Waals surface area contributed by atoms with Crippen LogP contribution in [0.1, 0.15) is 5.56 Å². The zero-order valence-corrected chi connectivity index (χ0v) is 13.2. The fourth-order valence-corrected chi connectivity index (χ4v) is 2.47. The van der Waals surface area contributed by atoms with Crippen LogP contribution in [0.4, 0.5) is 25.1 Å². The van der Waals surface area contributed by atoms with Gasteiger partial charge in [-0.3, -0.25) is 4.79 Å². The molecule has 0 radical (unpaired) electrons. The third-order valence-corrected chi connectivity index (χ3v) is 4.11. The number of rotatable bonds is 5. The summed E-state index contributed by atoms with van der Waals surface area (Å²) >= 11 is 0. The number of halogens is 5. The lowest BCUT2D eigenvalue weighted by Gasteiger charge is -2.40. The van der Waals surface area contributed by atoms with E-state index >= 15 is 0 Å². The lowest BCUT2D eigenvalue weighted by molar-refractivity contribution is -0.118. The Morgan fingerprint density at radius 2 is 1.64 bits per heavy atom. The largest absolute Gasteiger partial charge is 0.482 e. The molecule has 0 aromatic heterocycles. The second-order valence-electron chi connectivity index (χ2n) is 4.94. The van der Waals surface area contributed by atoms with Crippen LogP contribution in [0.2, 0.25) is 0 Å². The van der Waals surface area contributed by atoms with Gasteiger partial charge in [-0.2, -0.15) is 5.26 Å². The predicted molar refractivity (Wildman–Crippen MR) is 83.1 cm³/mol. The average molecular weight is 378 g/mol. The molecule has 2 aromatic carbocycles. The van der Waals surface area contributed by atoms with Gasteiger partial charge in [0.05, 0.1) is 5.56 Å². The second-order valence-corrected chi connectivity index (χ2v) is 7.35. The van der Waals surface area contributed by atoms with Gasteiger partial charge >= 0.3 is 10.2 Å². The highest BCUT2D eigenvalue weighted by atomic mass is 32.5. The number of anilines is 1. The molecule has 0 bridgehead atoms. The van der Waals surface area contributed by atoms with Gasteiger partial charge in [-0.05, 0) is 36.4 Å². The Hall–Kier alpha value is -2.80. The molecule has 1 amide bonds. The molecule has 4 nitrogen and oxygen atoms in total. The van der Waals surface area contributed by atoms with Gasteiger partial charge in [0, 0.05) is 5.69 Å². The van der Waals surface area contributed by atoms with Gasteiger partial charge in [0.15, 0.2) is 6.61 Å². The molecule has 2 rings (SSSR count). The summed E-state index contributed by atoms with van der Waals surface area (Å²) in [6, 6.07) is 9.83. The number of nitrogens with one attached hydrogen (secondary N) is 1. The maximum Gasteiger partial charge on any atom is 0.310 e. The van der Waals surface area contributed by atoms with Crippen LogP contribution in [0.5, 0.6) is 5.75 Å². The van der Waals surface area contributed by atoms with Crippen molar-refractivity contribution in [3.8, 4) is 11.8 Å². The third-order valence-electron chi connectivity index (χ3n) is 2.95. The number of carbonyl (C=O) groups is 1. The number of amides is 1. The van der Waals surface area contributed by atoms with Crippen molar-refractivity contribution in [3.63, 3.8) is 0 Å². The number of ether oxygens (including phenoxy) is 1. The molecule has 0 unspecified atom stereocenters. The fraction of sp³-hybridized carbons (Fsp3) is 0.0667. The summed E-state index contributed by atoms with van der Waals surface area (Å²) in [6.07, 6.45) is 0. The highest BCUT2D eigenvalue weighted by Crippen LogP contribution is 3.02. The zero-order chi connectivity index (χ0) is 18.8. The van der Waals surface area contributed by atoms with Crippen LogP contribution in [-0.4, -0.2) is 12.5 Å². The van der Waals surface area contributed by atoms with Crippen LogP contribution in [0.15, 0.2) is 53.4 Å². The van der Waals surface area contributed by atoms with Crippen molar-refractivity contribution in [1.82, 2.24) is 0 Å². The highest BCUT2D eigenvalue weighted by Gasteiger charge is 2.65. The molecule has 10 heteroatoms. The van der Waals surface area contributed by atoms with Crippen molar-refractivity contribution in [1.29, 1.82) is 5.26 Å². The van der Waals surface area contributed by atoms with Crippen molar-refractivity contribution in [2.75, 3.05) is 11.9 Å². The number of hydrogen-bond acceptors (Lipinski definition) is 3. The van der Waals surface area contributed by atoms with E-state index in [2.05, 4.69) is 5.32 Å². The Morgan fingerprint density at radius 3 is 2.20 bits per heavy atom. The molecule has 0 fully saturated rings. The number of para-hydroxylation sites is 1. The number of carbonyl (C=O) groups excluding carboxylic acids is 1. The Labute approximate surface area is 139 Å². The van der Waals surface area contributed by atoms with E-state index in [0.29, 0.717) is 12.1 Å². The standard InChI is InChI=1S/C15H11F5N2O2S/c16-25(17,18,19,20)13-7-5-12(6-8-13)22-15(23)10-24-14-4-2-1-3-11(14)9-21/h1-8H,10H2,(H,22,23). The van der Waals surface area contributed by atoms with E-state index in [-0.39, 0.29) is 29.1 Å². The lowest BCUT2D eigenvalue weighted by atomic mass is 10.2. The van der Waals surface area contributed by atoms with Gasteiger partial charge in [0.1, 0.15) is 16.7 Å². The molecule has 0 aliphatic carbocycles. The molecule has 2 aromatic rings. The van der Waals surface area contributed by atoms with Crippen LogP contribution in [0, 0.1) is 11.3 Å². The summed E-state index contributed by atoms with van der Waals surface area (Å²) in [5.74, 6) is -0.566. The summed E-state index contributed by atoms with van der Waals surface area (Å²) in [5, 5.41) is 11.1. The molecule has 0 aliphatic heterocycles. The monoisotopic (exact) mass is 378 g/mol. The van der Waals surface area contributed by atoms with Gasteiger partial charge < -0.3 is 10.1 Å². The van der Waals surface area contributed by atoms with E-state index in [1.165, 1.54) is 12.1 Å². The van der Waals surface area contributed by atoms with Gasteiger partial charge in [-0.15, -0.1) is 0 Å². The fourth-order valence-electron chi connectivity index (χ4n) is 1.82. The SMILES string of the molecule is N#Cc1ccccc1OCC(=O)Nc1ccc(S(F)(F)(F)(F)F)cc1. The quantitative estimate of drug-likeness (QED) is 0.725. The molecule has 0 saturated heterocycles. The van der Waals surface area contributed by atoms with Gasteiger partial charge in [-0.25, -0.2) is 0 Å². The van der Waals surface area contributed by atoms with E-state index in [4.69, 9.17) is 10.00 Å². The second kappa shape index (κ2) is 5.63. The van der Waals surface area contributed by atoms with E-state index < -0.39 is 27.6 Å². The molecule has 0 atom stereocenters. The minimum Gasteiger partial charge on any atom is -0.482 e. The zero-order valence-electron chi connectivity index (χ0n) is 12.4. The molecule has 0 spiro atoms. The Morgan fingerprint density at radius 1 is 1.04 bits per heavy atom. The Balaban J connectivity index is 2.01. The Kier molecular flexibility index (Phi) is 4.17. The van der Waals surface area contributed by atoms with Gasteiger partial charge in [0.2, 0.25) is 0 Å². The molecule has 134 valence electrons. The minimum atomic E-state index is -9.74. The Bertz CT molecular complexity index is 845. The summed E-state index contributed by atoms with van der Waals surface area (Å²) in [6.45, 7) is -0.512. The first kappa shape index (κ1) is 18.5. The van der Waals surface area contributed by atoms with Crippen LogP contribution in [-0.2, 0) is 4.79 Å². The van der Waals surface area contributed by atoms with Crippen LogP contribution in [0.25, 0.3) is 0 Å². The normalized spacial score (nSPS) is 13.9. The molecular weight excluding hydrogens is 367 g/mol. The maximum absolute atomic E-state index is 12.6. The molecular formula is C15H11F5N2O2S. The number of benzene rings is 2. The van der Waals surface area contributed by atoms with Gasteiger partial charge in [0.25, 0.3) is 5.91 Å². The van der Waals surface area contributed by atoms with E-state index in [1.54, 1.807) is 12.1 Å². The van der Waals surface area contributed by atoms with Crippen LogP contribution in [0.3, 0.4) is 0 Å². The smallest absolute Gasteiger partial charge is 0.310 e. The maximum atomic E-state index is 12.6. The summed E-state index contributed by atoms with van der Waals surface area (Å²) in [5.41, 5.74) is 0.100. The number of hydrogen-bond donors (Lipinski definition) is 1. The van der Waals surface area contributed by atoms with E-state index in [0.717, 1.165) is 0 Å². The number of nitriles is 1. The molecule has 1 N–H and O–H groups in total. The van der Waals surface area contributed by atoms with Crippen LogP contribution >= 0.6 is 10.2 Å². The van der Waals surface area contributed by atoms with Crippen LogP contribution < -0.4 is 10.1 Å². The van der Waals surface area contributed by atoms with E-state index in [1.807, 2.05) is 6.07 Å². The molecule has 0 aliphatic rings.